The fourth-order valence-electron chi connectivity index (χ4n) is 6.62. The Hall–Kier alpha value is -4.01. The Labute approximate surface area is 320 Å². The van der Waals surface area contributed by atoms with E-state index in [0.29, 0.717) is 21.8 Å². The molecule has 5 heterocycles. The molecule has 0 amide bonds. The first-order chi connectivity index (χ1) is 25.4. The van der Waals surface area contributed by atoms with Crippen LogP contribution in [0.3, 0.4) is 0 Å². The topological polar surface area (TPSA) is 113 Å². The quantitative estimate of drug-likeness (QED) is 0.0736. The molecule has 3 aliphatic heterocycles. The van der Waals surface area contributed by atoms with Crippen LogP contribution in [-0.4, -0.2) is 55.3 Å². The number of carbonyl (C=O) groups excluding carboxylic acids is 2. The number of benzene rings is 2. The molecule has 1 N–H and O–H groups in total. The molecule has 282 valence electrons. The van der Waals surface area contributed by atoms with Crippen LogP contribution < -0.4 is 19.5 Å². The van der Waals surface area contributed by atoms with Crippen LogP contribution in [0, 0.1) is 11.1 Å². The Morgan fingerprint density at radius 1 is 0.981 bits per heavy atom. The van der Waals surface area contributed by atoms with E-state index >= 15 is 0 Å². The summed E-state index contributed by atoms with van der Waals surface area (Å²) in [6.45, 7) is 3.45. The van der Waals surface area contributed by atoms with Gasteiger partial charge in [0.25, 0.3) is 0 Å². The predicted molar refractivity (Wildman–Crippen MR) is 196 cm³/mol. The summed E-state index contributed by atoms with van der Waals surface area (Å²) >= 11 is 14.0. The lowest BCUT2D eigenvalue weighted by Crippen LogP contribution is -2.52. The summed E-state index contributed by atoms with van der Waals surface area (Å²) in [5.41, 5.74) is 1.49. The highest BCUT2D eigenvalue weighted by molar-refractivity contribution is 7.13. The number of nitrogens with zero attached hydrogens (tertiary/aromatic N) is 2. The van der Waals surface area contributed by atoms with E-state index in [1.54, 1.807) is 26.0 Å². The first kappa shape index (κ1) is 38.7. The average Bonchev–Trinajstić information content (AvgIpc) is 3.60. The van der Waals surface area contributed by atoms with Gasteiger partial charge in [0.15, 0.2) is 23.9 Å². The molecule has 0 saturated carbocycles. The molecule has 4 aromatic rings. The van der Waals surface area contributed by atoms with E-state index in [1.165, 1.54) is 29.5 Å². The molecule has 0 radical (unpaired) electrons. The molecule has 0 aliphatic carbocycles. The Kier molecular flexibility index (Phi) is 12.7. The number of rotatable bonds is 15. The number of hydrogen-bond donors (Lipinski definition) is 1. The van der Waals surface area contributed by atoms with Crippen LogP contribution >= 0.6 is 34.5 Å². The number of halogens is 4. The molecule has 2 aromatic carbocycles. The summed E-state index contributed by atoms with van der Waals surface area (Å²) in [7, 11) is 0. The maximum absolute atomic E-state index is 13.7. The minimum absolute atomic E-state index is 0.0194. The fraction of sp³-hybridized carbons (Fsp3) is 0.395. The van der Waals surface area contributed by atoms with E-state index in [9.17, 15) is 23.6 Å². The van der Waals surface area contributed by atoms with Crippen molar-refractivity contribution in [2.24, 2.45) is 5.92 Å². The number of piperidine rings is 3. The van der Waals surface area contributed by atoms with Gasteiger partial charge in [-0.2, -0.15) is 13.5 Å². The highest BCUT2D eigenvalue weighted by atomic mass is 35.5. The number of hydrogen-bond acceptors (Lipinski definition) is 10. The van der Waals surface area contributed by atoms with Gasteiger partial charge in [0.2, 0.25) is 0 Å². The van der Waals surface area contributed by atoms with Gasteiger partial charge in [0.1, 0.15) is 33.2 Å². The summed E-state index contributed by atoms with van der Waals surface area (Å²) in [6, 6.07) is 16.3. The third-order valence-corrected chi connectivity index (χ3v) is 10.9. The summed E-state index contributed by atoms with van der Waals surface area (Å²) in [6.07, 6.45) is 2.67. The van der Waals surface area contributed by atoms with Crippen LogP contribution in [-0.2, 0) is 27.2 Å². The molecule has 10 nitrogen and oxygen atoms in total. The van der Waals surface area contributed by atoms with Gasteiger partial charge in [-0.1, -0.05) is 59.6 Å². The lowest BCUT2D eigenvalue weighted by atomic mass is 9.86. The highest BCUT2D eigenvalue weighted by Gasteiger charge is 2.38. The predicted octanol–water partition coefficient (Wildman–Crippen LogP) is 7.69. The lowest BCUT2D eigenvalue weighted by Gasteiger charge is -2.44. The molecule has 2 aromatic heterocycles. The first-order valence-electron chi connectivity index (χ1n) is 17.3. The number of alkyl halides is 2. The Balaban J connectivity index is 1.20. The number of esters is 2. The van der Waals surface area contributed by atoms with Gasteiger partial charge < -0.3 is 24.2 Å². The molecule has 15 heteroatoms. The van der Waals surface area contributed by atoms with Gasteiger partial charge in [0, 0.05) is 30.0 Å². The van der Waals surface area contributed by atoms with E-state index in [4.69, 9.17) is 37.4 Å². The average molecular weight is 791 g/mol. The second-order valence-corrected chi connectivity index (χ2v) is 15.2. The van der Waals surface area contributed by atoms with Crippen molar-refractivity contribution in [1.82, 2.24) is 10.2 Å². The molecule has 3 saturated heterocycles. The van der Waals surface area contributed by atoms with Gasteiger partial charge in [0.05, 0.1) is 6.10 Å². The minimum atomic E-state index is -3.09. The SMILES string of the molecule is CC(C)Oc1cc(C(Cc2c(Cl)c[n+]([O-])cc2Cl)OC(=O)c2ccc(CN[C@H](C(=O)O[C@H]3CN4CCC3CC4)c3ccccc3)s2)ccc1OC(F)F. The number of nitrogens with one attached hydrogen (secondary N) is 1. The third-order valence-electron chi connectivity index (χ3n) is 9.19. The summed E-state index contributed by atoms with van der Waals surface area (Å²) < 4.78 is 49.4. The van der Waals surface area contributed by atoms with E-state index in [0.717, 1.165) is 55.3 Å². The molecule has 3 aliphatic rings. The second kappa shape index (κ2) is 17.4. The molecule has 0 spiro atoms. The van der Waals surface area contributed by atoms with Gasteiger partial charge in [-0.05, 0) is 81.1 Å². The molecular formula is C38H39Cl2F2N3O7S. The van der Waals surface area contributed by atoms with Gasteiger partial charge in [-0.15, -0.1) is 11.3 Å². The minimum Gasteiger partial charge on any atom is -0.619 e. The van der Waals surface area contributed by atoms with Gasteiger partial charge in [-0.25, -0.2) is 9.59 Å². The van der Waals surface area contributed by atoms with Crippen molar-refractivity contribution >= 4 is 46.5 Å². The smallest absolute Gasteiger partial charge is 0.387 e. The zero-order valence-electron chi connectivity index (χ0n) is 29.0. The van der Waals surface area contributed by atoms with Crippen LogP contribution in [0.1, 0.15) is 70.1 Å². The van der Waals surface area contributed by atoms with Crippen LogP contribution in [0.25, 0.3) is 0 Å². The standard InChI is InChI=1S/C38H39Cl2F2N3O7S/c1-22(2)49-32-16-25(8-10-30(32)52-38(41)42)31(17-27-28(39)19-45(48)20-29(27)40)50-36(46)34-11-9-26(53-34)18-43-35(24-6-4-3-5-7-24)37(47)51-33-21-44-14-12-23(33)13-15-44/h3-11,16,19-20,22-23,31,33,35,38,43H,12-15,17-18,21H2,1-2H3/t31?,33-,35-/m0/s1. The highest BCUT2D eigenvalue weighted by Crippen LogP contribution is 2.37. The van der Waals surface area contributed by atoms with Crippen LogP contribution in [0.4, 0.5) is 8.78 Å². The van der Waals surface area contributed by atoms with E-state index in [2.05, 4.69) is 15.0 Å². The number of fused-ring (bicyclic) bond motifs is 3. The van der Waals surface area contributed by atoms with Crippen LogP contribution in [0.15, 0.2) is 73.1 Å². The largest absolute Gasteiger partial charge is 0.619 e. The fourth-order valence-corrected chi connectivity index (χ4v) is 8.06. The van der Waals surface area contributed by atoms with Crippen molar-refractivity contribution in [3.8, 4) is 11.5 Å². The normalized spacial score (nSPS) is 19.2. The summed E-state index contributed by atoms with van der Waals surface area (Å²) in [5, 5.41) is 15.4. The molecule has 3 atom stereocenters. The summed E-state index contributed by atoms with van der Waals surface area (Å²) in [4.78, 5) is 30.7. The number of carbonyl (C=O) groups is 2. The second-order valence-electron chi connectivity index (χ2n) is 13.2. The zero-order chi connectivity index (χ0) is 37.6. The number of thiophene rings is 1. The van der Waals surface area contributed by atoms with Crippen molar-refractivity contribution in [2.75, 3.05) is 19.6 Å². The van der Waals surface area contributed by atoms with Crippen LogP contribution in [0.2, 0.25) is 10.0 Å². The Morgan fingerprint density at radius 3 is 2.34 bits per heavy atom. The summed E-state index contributed by atoms with van der Waals surface area (Å²) in [5.74, 6) is -0.826. The van der Waals surface area contributed by atoms with E-state index in [1.807, 2.05) is 30.3 Å². The maximum atomic E-state index is 13.7. The zero-order valence-corrected chi connectivity index (χ0v) is 31.3. The van der Waals surface area contributed by atoms with Gasteiger partial charge >= 0.3 is 18.6 Å². The molecule has 2 bridgehead atoms. The van der Waals surface area contributed by atoms with Crippen molar-refractivity contribution in [3.05, 3.63) is 115 Å². The Bertz CT molecular complexity index is 1870. The van der Waals surface area contributed by atoms with Crippen molar-refractivity contribution in [1.29, 1.82) is 0 Å². The van der Waals surface area contributed by atoms with Crippen LogP contribution in [0.5, 0.6) is 11.5 Å². The van der Waals surface area contributed by atoms with Gasteiger partial charge in [-0.3, -0.25) is 10.2 Å². The monoisotopic (exact) mass is 789 g/mol. The first-order valence-corrected chi connectivity index (χ1v) is 18.8. The van der Waals surface area contributed by atoms with E-state index < -0.39 is 30.8 Å². The molecular weight excluding hydrogens is 751 g/mol. The Morgan fingerprint density at radius 2 is 1.70 bits per heavy atom. The molecule has 7 rings (SSSR count). The molecule has 1 unspecified atom stereocenters. The van der Waals surface area contributed by atoms with Crippen molar-refractivity contribution < 1.29 is 42.0 Å². The van der Waals surface area contributed by atoms with Crippen molar-refractivity contribution in [2.45, 2.75) is 70.6 Å². The number of ether oxygens (including phenoxy) is 4. The number of aromatic nitrogens is 1. The number of pyridine rings is 1. The van der Waals surface area contributed by atoms with E-state index in [-0.39, 0.29) is 51.5 Å². The third kappa shape index (κ3) is 9.95. The van der Waals surface area contributed by atoms with Crippen molar-refractivity contribution in [3.63, 3.8) is 0 Å². The maximum Gasteiger partial charge on any atom is 0.387 e. The molecule has 3 fully saturated rings. The molecule has 53 heavy (non-hydrogen) atoms. The lowest BCUT2D eigenvalue weighted by molar-refractivity contribution is -0.605.